The van der Waals surface area contributed by atoms with Crippen LogP contribution in [-0.4, -0.2) is 51.4 Å². The molecule has 0 bridgehead atoms. The number of guanidine groups is 1. The normalized spacial score (nSPS) is 12.5. The predicted molar refractivity (Wildman–Crippen MR) is 89.0 cm³/mol. The van der Waals surface area contributed by atoms with Crippen molar-refractivity contribution in [3.8, 4) is 0 Å². The molecule has 8 nitrogen and oxygen atoms in total. The van der Waals surface area contributed by atoms with Gasteiger partial charge >= 0.3 is 0 Å². The number of nitrogens with zero attached hydrogens (tertiary/aromatic N) is 5. The average molecular weight is 304 g/mol. The van der Waals surface area contributed by atoms with Gasteiger partial charge in [-0.05, 0) is 20.8 Å². The first-order chi connectivity index (χ1) is 10.4. The van der Waals surface area contributed by atoms with Crippen LogP contribution < -0.4 is 16.0 Å². The second-order valence-electron chi connectivity index (χ2n) is 6.03. The SMILES string of the molecule is CN=C(NCCNc1ncnc2c1cnn2C)NC(C)(C)C. The Morgan fingerprint density at radius 3 is 2.73 bits per heavy atom. The van der Waals surface area contributed by atoms with Gasteiger partial charge in [-0.15, -0.1) is 0 Å². The molecule has 0 unspecified atom stereocenters. The molecule has 0 radical (unpaired) electrons. The molecule has 22 heavy (non-hydrogen) atoms. The number of rotatable bonds is 4. The third-order valence-corrected chi connectivity index (χ3v) is 2.96. The number of nitrogens with one attached hydrogen (secondary N) is 3. The smallest absolute Gasteiger partial charge is 0.191 e. The highest BCUT2D eigenvalue weighted by molar-refractivity contribution is 5.86. The molecule has 0 amide bonds. The van der Waals surface area contributed by atoms with Crippen LogP contribution >= 0.6 is 0 Å². The quantitative estimate of drug-likeness (QED) is 0.438. The lowest BCUT2D eigenvalue weighted by molar-refractivity contribution is 0.502. The van der Waals surface area contributed by atoms with Crippen molar-refractivity contribution in [2.75, 3.05) is 25.5 Å². The zero-order valence-corrected chi connectivity index (χ0v) is 13.8. The number of fused-ring (bicyclic) bond motifs is 1. The van der Waals surface area contributed by atoms with Crippen molar-refractivity contribution in [1.29, 1.82) is 0 Å². The molecule has 0 aliphatic rings. The lowest BCUT2D eigenvalue weighted by Gasteiger charge is -2.23. The fourth-order valence-corrected chi connectivity index (χ4v) is 2.00. The minimum Gasteiger partial charge on any atom is -0.368 e. The van der Waals surface area contributed by atoms with E-state index in [1.807, 2.05) is 7.05 Å². The molecule has 120 valence electrons. The summed E-state index contributed by atoms with van der Waals surface area (Å²) < 4.78 is 1.73. The molecule has 0 fully saturated rings. The topological polar surface area (TPSA) is 92.1 Å². The Balaban J connectivity index is 1.88. The van der Waals surface area contributed by atoms with Crippen molar-refractivity contribution < 1.29 is 0 Å². The summed E-state index contributed by atoms with van der Waals surface area (Å²) in [7, 11) is 3.63. The van der Waals surface area contributed by atoms with Gasteiger partial charge in [0.15, 0.2) is 11.6 Å². The van der Waals surface area contributed by atoms with Gasteiger partial charge in [-0.25, -0.2) is 9.97 Å². The summed E-state index contributed by atoms with van der Waals surface area (Å²) in [6.45, 7) is 7.72. The third kappa shape index (κ3) is 4.06. The molecule has 2 heterocycles. The molecule has 3 N–H and O–H groups in total. The summed E-state index contributed by atoms with van der Waals surface area (Å²) in [4.78, 5) is 12.7. The molecule has 0 aromatic carbocycles. The van der Waals surface area contributed by atoms with E-state index < -0.39 is 0 Å². The lowest BCUT2D eigenvalue weighted by Crippen LogP contribution is -2.48. The molecule has 2 aromatic rings. The molecule has 0 atom stereocenters. The Morgan fingerprint density at radius 2 is 2.05 bits per heavy atom. The van der Waals surface area contributed by atoms with Gasteiger partial charge in [0.25, 0.3) is 0 Å². The van der Waals surface area contributed by atoms with Crippen LogP contribution in [0.25, 0.3) is 11.0 Å². The maximum atomic E-state index is 4.27. The molecular formula is C14H24N8. The fraction of sp³-hybridized carbons (Fsp3) is 0.571. The van der Waals surface area contributed by atoms with E-state index in [4.69, 9.17) is 0 Å². The van der Waals surface area contributed by atoms with Crippen molar-refractivity contribution in [2.45, 2.75) is 26.3 Å². The Bertz CT molecular complexity index is 652. The largest absolute Gasteiger partial charge is 0.368 e. The first-order valence-corrected chi connectivity index (χ1v) is 7.26. The molecule has 0 spiro atoms. The number of aryl methyl sites for hydroxylation is 1. The Kier molecular flexibility index (Phi) is 4.79. The van der Waals surface area contributed by atoms with E-state index in [1.54, 1.807) is 24.3 Å². The molecule has 0 aliphatic heterocycles. The van der Waals surface area contributed by atoms with Crippen LogP contribution in [0.15, 0.2) is 17.5 Å². The zero-order chi connectivity index (χ0) is 16.2. The zero-order valence-electron chi connectivity index (χ0n) is 13.8. The standard InChI is InChI=1S/C14H24N8/c1-14(2,3)21-13(15-4)17-7-6-16-11-10-8-20-22(5)12(10)19-9-18-11/h8-9H,6-7H2,1-5H3,(H2,15,17,21)(H,16,18,19). The van der Waals surface area contributed by atoms with Crippen molar-refractivity contribution in [3.63, 3.8) is 0 Å². The van der Waals surface area contributed by atoms with Gasteiger partial charge in [0.2, 0.25) is 0 Å². The molecule has 0 saturated carbocycles. The molecule has 0 aliphatic carbocycles. The Hall–Kier alpha value is -2.38. The van der Waals surface area contributed by atoms with Crippen molar-refractivity contribution >= 4 is 22.8 Å². The van der Waals surface area contributed by atoms with Gasteiger partial charge in [0.05, 0.1) is 11.6 Å². The van der Waals surface area contributed by atoms with Crippen molar-refractivity contribution in [1.82, 2.24) is 30.4 Å². The van der Waals surface area contributed by atoms with Crippen LogP contribution in [0.2, 0.25) is 0 Å². The molecule has 8 heteroatoms. The van der Waals surface area contributed by atoms with Crippen LogP contribution in [-0.2, 0) is 7.05 Å². The van der Waals surface area contributed by atoms with Crippen molar-refractivity contribution in [3.05, 3.63) is 12.5 Å². The second kappa shape index (κ2) is 6.59. The van der Waals surface area contributed by atoms with Gasteiger partial charge in [-0.1, -0.05) is 0 Å². The van der Waals surface area contributed by atoms with Gasteiger partial charge in [0.1, 0.15) is 12.1 Å². The Morgan fingerprint density at radius 1 is 1.27 bits per heavy atom. The first-order valence-electron chi connectivity index (χ1n) is 7.26. The Labute approximate surface area is 130 Å². The van der Waals surface area contributed by atoms with Gasteiger partial charge in [0, 0.05) is 32.7 Å². The van der Waals surface area contributed by atoms with E-state index in [0.717, 1.165) is 29.4 Å². The minimum absolute atomic E-state index is 0.0240. The lowest BCUT2D eigenvalue weighted by atomic mass is 10.1. The second-order valence-corrected chi connectivity index (χ2v) is 6.03. The van der Waals surface area contributed by atoms with Gasteiger partial charge in [-0.3, -0.25) is 9.67 Å². The molecular weight excluding hydrogens is 280 g/mol. The summed E-state index contributed by atoms with van der Waals surface area (Å²) >= 11 is 0. The monoisotopic (exact) mass is 304 g/mol. The molecule has 0 saturated heterocycles. The highest BCUT2D eigenvalue weighted by Crippen LogP contribution is 2.16. The summed E-state index contributed by atoms with van der Waals surface area (Å²) in [6, 6.07) is 0. The van der Waals surface area contributed by atoms with Crippen LogP contribution in [0.4, 0.5) is 5.82 Å². The number of aromatic nitrogens is 4. The van der Waals surface area contributed by atoms with Crippen molar-refractivity contribution in [2.24, 2.45) is 12.0 Å². The number of aliphatic imine (C=N–C) groups is 1. The summed E-state index contributed by atoms with van der Waals surface area (Å²) in [6.07, 6.45) is 3.31. The van der Waals surface area contributed by atoms with Gasteiger partial charge < -0.3 is 16.0 Å². The van der Waals surface area contributed by atoms with E-state index in [1.165, 1.54) is 0 Å². The van der Waals surface area contributed by atoms with Gasteiger partial charge in [-0.2, -0.15) is 5.10 Å². The average Bonchev–Trinajstić information content (AvgIpc) is 2.83. The van der Waals surface area contributed by atoms with Crippen LogP contribution in [0.5, 0.6) is 0 Å². The number of anilines is 1. The first kappa shape index (κ1) is 16.0. The highest BCUT2D eigenvalue weighted by atomic mass is 15.3. The van der Waals surface area contributed by atoms with E-state index in [-0.39, 0.29) is 5.54 Å². The number of hydrogen-bond donors (Lipinski definition) is 3. The minimum atomic E-state index is -0.0240. The van der Waals surface area contributed by atoms with Crippen LogP contribution in [0.3, 0.4) is 0 Å². The van der Waals surface area contributed by atoms with Crippen LogP contribution in [0.1, 0.15) is 20.8 Å². The maximum Gasteiger partial charge on any atom is 0.191 e. The van der Waals surface area contributed by atoms with Crippen LogP contribution in [0, 0.1) is 0 Å². The predicted octanol–water partition coefficient (Wildman–Crippen LogP) is 0.739. The molecule has 2 aromatic heterocycles. The maximum absolute atomic E-state index is 4.27. The molecule has 2 rings (SSSR count). The van der Waals surface area contributed by atoms with E-state index >= 15 is 0 Å². The number of hydrogen-bond acceptors (Lipinski definition) is 5. The summed E-state index contributed by atoms with van der Waals surface area (Å²) in [5.41, 5.74) is 0.791. The summed E-state index contributed by atoms with van der Waals surface area (Å²) in [5.74, 6) is 1.57. The fourth-order valence-electron chi connectivity index (χ4n) is 2.00. The van der Waals surface area contributed by atoms with E-state index in [9.17, 15) is 0 Å². The third-order valence-electron chi connectivity index (χ3n) is 2.96. The van der Waals surface area contributed by atoms with E-state index in [2.05, 4.69) is 56.8 Å². The highest BCUT2D eigenvalue weighted by Gasteiger charge is 2.11. The van der Waals surface area contributed by atoms with E-state index in [0.29, 0.717) is 6.54 Å². The summed E-state index contributed by atoms with van der Waals surface area (Å²) in [5, 5.41) is 15.0.